The van der Waals surface area contributed by atoms with Crippen molar-refractivity contribution in [3.05, 3.63) is 52.0 Å². The number of hydrogen-bond acceptors (Lipinski definition) is 2. The average Bonchev–Trinajstić information content (AvgIpc) is 2.56. The summed E-state index contributed by atoms with van der Waals surface area (Å²) in [5.41, 5.74) is 3.77. The summed E-state index contributed by atoms with van der Waals surface area (Å²) in [7, 11) is 1.58. The number of urea groups is 1. The number of rotatable bonds is 5. The van der Waals surface area contributed by atoms with Gasteiger partial charge < -0.3 is 15.4 Å². The Morgan fingerprint density at radius 1 is 1.00 bits per heavy atom. The van der Waals surface area contributed by atoms with Crippen molar-refractivity contribution in [1.82, 2.24) is 0 Å². The maximum atomic E-state index is 12.6. The van der Waals surface area contributed by atoms with Gasteiger partial charge in [0, 0.05) is 10.2 Å². The first-order valence-electron chi connectivity index (χ1n) is 8.37. The first-order valence-corrected chi connectivity index (χ1v) is 9.17. The van der Waals surface area contributed by atoms with Crippen molar-refractivity contribution in [3.8, 4) is 5.75 Å². The molecule has 2 aromatic carbocycles. The van der Waals surface area contributed by atoms with Crippen molar-refractivity contribution in [2.24, 2.45) is 0 Å². The number of para-hydroxylation sites is 1. The van der Waals surface area contributed by atoms with Crippen LogP contribution in [0.15, 0.2) is 40.9 Å². The SMILES string of the molecule is COc1cc(Br)ccc1NC(=O)Nc1c(C(C)C)cccc1C(C)C. The number of anilines is 2. The second kappa shape index (κ2) is 8.39. The van der Waals surface area contributed by atoms with Crippen LogP contribution in [0.4, 0.5) is 16.2 Å². The molecule has 2 rings (SSSR count). The molecular formula is C20H25BrN2O2. The van der Waals surface area contributed by atoms with Gasteiger partial charge in [0.15, 0.2) is 0 Å². The summed E-state index contributed by atoms with van der Waals surface area (Å²) in [6.45, 7) is 8.50. The smallest absolute Gasteiger partial charge is 0.323 e. The molecule has 0 bridgehead atoms. The van der Waals surface area contributed by atoms with Gasteiger partial charge in [0.25, 0.3) is 0 Å². The highest BCUT2D eigenvalue weighted by molar-refractivity contribution is 9.10. The topological polar surface area (TPSA) is 50.4 Å². The molecule has 0 fully saturated rings. The molecule has 25 heavy (non-hydrogen) atoms. The van der Waals surface area contributed by atoms with Crippen LogP contribution in [0.3, 0.4) is 0 Å². The Morgan fingerprint density at radius 2 is 1.60 bits per heavy atom. The lowest BCUT2D eigenvalue weighted by atomic mass is 9.93. The van der Waals surface area contributed by atoms with E-state index in [0.717, 1.165) is 21.3 Å². The van der Waals surface area contributed by atoms with E-state index in [1.54, 1.807) is 13.2 Å². The van der Waals surface area contributed by atoms with Crippen molar-refractivity contribution >= 4 is 33.3 Å². The summed E-state index contributed by atoms with van der Waals surface area (Å²) in [5.74, 6) is 1.23. The second-order valence-corrected chi connectivity index (χ2v) is 7.46. The Bertz CT molecular complexity index is 731. The largest absolute Gasteiger partial charge is 0.495 e. The summed E-state index contributed by atoms with van der Waals surface area (Å²) in [6, 6.07) is 11.4. The van der Waals surface area contributed by atoms with Crippen LogP contribution >= 0.6 is 15.9 Å². The number of hydrogen-bond donors (Lipinski definition) is 2. The molecular weight excluding hydrogens is 380 g/mol. The van der Waals surface area contributed by atoms with Gasteiger partial charge in [-0.2, -0.15) is 0 Å². The first kappa shape index (κ1) is 19.3. The highest BCUT2D eigenvalue weighted by Crippen LogP contribution is 2.33. The quantitative estimate of drug-likeness (QED) is 0.609. The number of amides is 2. The van der Waals surface area contributed by atoms with E-state index in [2.05, 4.69) is 66.4 Å². The lowest BCUT2D eigenvalue weighted by Gasteiger charge is -2.20. The Balaban J connectivity index is 2.29. The fraction of sp³-hybridized carbons (Fsp3) is 0.350. The van der Waals surface area contributed by atoms with Gasteiger partial charge in [0.05, 0.1) is 12.8 Å². The van der Waals surface area contributed by atoms with Gasteiger partial charge in [-0.15, -0.1) is 0 Å². The Hall–Kier alpha value is -2.01. The highest BCUT2D eigenvalue weighted by Gasteiger charge is 2.16. The maximum Gasteiger partial charge on any atom is 0.323 e. The van der Waals surface area contributed by atoms with Crippen LogP contribution in [-0.4, -0.2) is 13.1 Å². The molecule has 4 nitrogen and oxygen atoms in total. The standard InChI is InChI=1S/C20H25BrN2O2/c1-12(2)15-7-6-8-16(13(3)4)19(15)23-20(24)22-17-10-9-14(21)11-18(17)25-5/h6-13H,1-5H3,(H2,22,23,24). The van der Waals surface area contributed by atoms with E-state index in [1.165, 1.54) is 0 Å². The third-order valence-electron chi connectivity index (χ3n) is 4.02. The number of carbonyl (C=O) groups excluding carboxylic acids is 1. The fourth-order valence-corrected chi connectivity index (χ4v) is 3.07. The van der Waals surface area contributed by atoms with Crippen molar-refractivity contribution in [2.45, 2.75) is 39.5 Å². The van der Waals surface area contributed by atoms with Gasteiger partial charge in [-0.05, 0) is 41.2 Å². The number of halogens is 1. The Kier molecular flexibility index (Phi) is 6.48. The lowest BCUT2D eigenvalue weighted by molar-refractivity contribution is 0.262. The molecule has 134 valence electrons. The minimum absolute atomic E-state index is 0.282. The maximum absolute atomic E-state index is 12.6. The second-order valence-electron chi connectivity index (χ2n) is 6.54. The molecule has 2 aromatic rings. The molecule has 0 radical (unpaired) electrons. The third kappa shape index (κ3) is 4.75. The zero-order chi connectivity index (χ0) is 18.6. The van der Waals surface area contributed by atoms with Crippen LogP contribution in [0.5, 0.6) is 5.75 Å². The molecule has 0 atom stereocenters. The number of ether oxygens (including phenoxy) is 1. The molecule has 0 saturated carbocycles. The van der Waals surface area contributed by atoms with E-state index in [1.807, 2.05) is 18.2 Å². The summed E-state index contributed by atoms with van der Waals surface area (Å²) in [6.07, 6.45) is 0. The molecule has 0 unspecified atom stereocenters. The molecule has 0 spiro atoms. The predicted molar refractivity (Wildman–Crippen MR) is 108 cm³/mol. The van der Waals surface area contributed by atoms with E-state index in [9.17, 15) is 4.79 Å². The molecule has 0 aliphatic rings. The fourth-order valence-electron chi connectivity index (χ4n) is 2.73. The van der Waals surface area contributed by atoms with Crippen LogP contribution in [0.25, 0.3) is 0 Å². The molecule has 5 heteroatoms. The van der Waals surface area contributed by atoms with Crippen LogP contribution in [0.2, 0.25) is 0 Å². The van der Waals surface area contributed by atoms with Crippen molar-refractivity contribution in [2.75, 3.05) is 17.7 Å². The first-order chi connectivity index (χ1) is 11.8. The number of carbonyl (C=O) groups is 1. The van der Waals surface area contributed by atoms with Crippen molar-refractivity contribution in [3.63, 3.8) is 0 Å². The monoisotopic (exact) mass is 404 g/mol. The molecule has 2 amide bonds. The van der Waals surface area contributed by atoms with Crippen LogP contribution in [-0.2, 0) is 0 Å². The predicted octanol–water partition coefficient (Wildman–Crippen LogP) is 6.35. The van der Waals surface area contributed by atoms with E-state index in [0.29, 0.717) is 23.3 Å². The van der Waals surface area contributed by atoms with E-state index >= 15 is 0 Å². The number of nitrogens with one attached hydrogen (secondary N) is 2. The van der Waals surface area contributed by atoms with Gasteiger partial charge in [-0.3, -0.25) is 0 Å². The Labute approximate surface area is 158 Å². The number of benzene rings is 2. The number of methoxy groups -OCH3 is 1. The van der Waals surface area contributed by atoms with Gasteiger partial charge in [-0.25, -0.2) is 4.79 Å². The average molecular weight is 405 g/mol. The van der Waals surface area contributed by atoms with Gasteiger partial charge in [0.2, 0.25) is 0 Å². The molecule has 0 aliphatic carbocycles. The zero-order valence-corrected chi connectivity index (χ0v) is 16.9. The van der Waals surface area contributed by atoms with Gasteiger partial charge in [0.1, 0.15) is 5.75 Å². The highest BCUT2D eigenvalue weighted by atomic mass is 79.9. The minimum atomic E-state index is -0.282. The Morgan fingerprint density at radius 3 is 2.12 bits per heavy atom. The van der Waals surface area contributed by atoms with Crippen molar-refractivity contribution in [1.29, 1.82) is 0 Å². The van der Waals surface area contributed by atoms with Crippen LogP contribution < -0.4 is 15.4 Å². The normalized spacial score (nSPS) is 10.9. The molecule has 0 heterocycles. The summed E-state index contributed by atoms with van der Waals surface area (Å²) in [5, 5.41) is 5.91. The molecule has 2 N–H and O–H groups in total. The van der Waals surface area contributed by atoms with Gasteiger partial charge >= 0.3 is 6.03 Å². The zero-order valence-electron chi connectivity index (χ0n) is 15.3. The van der Waals surface area contributed by atoms with E-state index < -0.39 is 0 Å². The summed E-state index contributed by atoms with van der Waals surface area (Å²) >= 11 is 3.40. The third-order valence-corrected chi connectivity index (χ3v) is 4.52. The van der Waals surface area contributed by atoms with Crippen LogP contribution in [0, 0.1) is 0 Å². The van der Waals surface area contributed by atoms with E-state index in [-0.39, 0.29) is 6.03 Å². The van der Waals surface area contributed by atoms with E-state index in [4.69, 9.17) is 4.74 Å². The molecule has 0 saturated heterocycles. The summed E-state index contributed by atoms with van der Waals surface area (Å²) in [4.78, 5) is 12.6. The minimum Gasteiger partial charge on any atom is -0.495 e. The molecule has 0 aromatic heterocycles. The van der Waals surface area contributed by atoms with Gasteiger partial charge in [-0.1, -0.05) is 61.8 Å². The van der Waals surface area contributed by atoms with Crippen molar-refractivity contribution < 1.29 is 9.53 Å². The lowest BCUT2D eigenvalue weighted by Crippen LogP contribution is -2.22. The molecule has 0 aliphatic heterocycles. The summed E-state index contributed by atoms with van der Waals surface area (Å²) < 4.78 is 6.22. The van der Waals surface area contributed by atoms with Crippen LogP contribution in [0.1, 0.15) is 50.7 Å².